The van der Waals surface area contributed by atoms with Crippen molar-refractivity contribution in [3.05, 3.63) is 120 Å². The lowest BCUT2D eigenvalue weighted by Crippen LogP contribution is -2.33. The second-order valence-electron chi connectivity index (χ2n) is 7.34. The van der Waals surface area contributed by atoms with Crippen molar-refractivity contribution in [2.45, 2.75) is 19.4 Å². The van der Waals surface area contributed by atoms with Gasteiger partial charge in [0.2, 0.25) is 5.91 Å². The van der Waals surface area contributed by atoms with Crippen LogP contribution in [0.2, 0.25) is 0 Å². The molecule has 1 heterocycles. The van der Waals surface area contributed by atoms with Crippen LogP contribution in [-0.4, -0.2) is 27.1 Å². The summed E-state index contributed by atoms with van der Waals surface area (Å²) in [5, 5.41) is 4.42. The number of amides is 1. The Labute approximate surface area is 177 Å². The number of aromatic nitrogens is 2. The van der Waals surface area contributed by atoms with Crippen LogP contribution in [0.15, 0.2) is 103 Å². The zero-order chi connectivity index (χ0) is 20.6. The molecule has 0 aliphatic carbocycles. The molecule has 4 aromatic rings. The first kappa shape index (κ1) is 19.6. The predicted molar refractivity (Wildman–Crippen MR) is 119 cm³/mol. The number of nitrogens with zero attached hydrogens (tertiary/aromatic N) is 3. The summed E-state index contributed by atoms with van der Waals surface area (Å²) in [4.78, 5) is 15.1. The lowest BCUT2D eigenvalue weighted by molar-refractivity contribution is -0.131. The molecule has 0 spiro atoms. The molecule has 0 radical (unpaired) electrons. The van der Waals surface area contributed by atoms with Crippen LogP contribution in [0.1, 0.15) is 16.7 Å². The van der Waals surface area contributed by atoms with Crippen molar-refractivity contribution >= 4 is 5.91 Å². The predicted octanol–water partition coefficient (Wildman–Crippen LogP) is 4.69. The van der Waals surface area contributed by atoms with Crippen molar-refractivity contribution in [3.63, 3.8) is 0 Å². The summed E-state index contributed by atoms with van der Waals surface area (Å²) in [7, 11) is 0. The number of benzene rings is 3. The first-order valence-electron chi connectivity index (χ1n) is 10.2. The van der Waals surface area contributed by atoms with E-state index in [-0.39, 0.29) is 5.91 Å². The highest BCUT2D eigenvalue weighted by Gasteiger charge is 2.16. The summed E-state index contributed by atoms with van der Waals surface area (Å²) in [5.74, 6) is 0.113. The van der Waals surface area contributed by atoms with E-state index < -0.39 is 0 Å². The fourth-order valence-electron chi connectivity index (χ4n) is 3.46. The van der Waals surface area contributed by atoms with Gasteiger partial charge >= 0.3 is 0 Å². The Balaban J connectivity index is 1.46. The third-order valence-electron chi connectivity index (χ3n) is 5.09. The maximum atomic E-state index is 13.2. The molecule has 150 valence electrons. The number of hydrogen-bond acceptors (Lipinski definition) is 2. The Morgan fingerprint density at radius 2 is 1.37 bits per heavy atom. The number of para-hydroxylation sites is 1. The summed E-state index contributed by atoms with van der Waals surface area (Å²) in [5.41, 5.74) is 4.28. The minimum Gasteiger partial charge on any atom is -0.338 e. The van der Waals surface area contributed by atoms with Gasteiger partial charge in [0, 0.05) is 19.3 Å². The highest BCUT2D eigenvalue weighted by Crippen LogP contribution is 2.12. The largest absolute Gasteiger partial charge is 0.338 e. The molecule has 0 fully saturated rings. The van der Waals surface area contributed by atoms with Gasteiger partial charge in [0.15, 0.2) is 0 Å². The minimum atomic E-state index is 0.113. The van der Waals surface area contributed by atoms with Gasteiger partial charge in [0.05, 0.1) is 18.3 Å². The van der Waals surface area contributed by atoms with E-state index in [9.17, 15) is 4.79 Å². The second-order valence-corrected chi connectivity index (χ2v) is 7.34. The molecule has 1 aromatic heterocycles. The molecule has 30 heavy (non-hydrogen) atoms. The number of carbonyl (C=O) groups is 1. The Morgan fingerprint density at radius 3 is 2.03 bits per heavy atom. The summed E-state index contributed by atoms with van der Waals surface area (Å²) >= 11 is 0. The standard InChI is InChI=1S/C26H25N3O/c30-26(18-24-19-27-29(21-24)25-14-8-3-9-15-25)28(20-23-12-6-2-7-13-23)17-16-22-10-4-1-5-11-22/h1-15,19,21H,16-18,20H2. The summed E-state index contributed by atoms with van der Waals surface area (Å²) in [6.07, 6.45) is 4.89. The zero-order valence-corrected chi connectivity index (χ0v) is 16.9. The van der Waals surface area contributed by atoms with E-state index in [1.807, 2.05) is 82.5 Å². The lowest BCUT2D eigenvalue weighted by Gasteiger charge is -2.23. The topological polar surface area (TPSA) is 38.1 Å². The van der Waals surface area contributed by atoms with Crippen LogP contribution in [0.3, 0.4) is 0 Å². The van der Waals surface area contributed by atoms with E-state index in [4.69, 9.17) is 0 Å². The SMILES string of the molecule is O=C(Cc1cnn(-c2ccccc2)c1)N(CCc1ccccc1)Cc1ccccc1. The van der Waals surface area contributed by atoms with Crippen LogP contribution < -0.4 is 0 Å². The van der Waals surface area contributed by atoms with E-state index in [1.165, 1.54) is 5.56 Å². The molecule has 3 aromatic carbocycles. The van der Waals surface area contributed by atoms with Gasteiger partial charge in [0.1, 0.15) is 0 Å². The fraction of sp³-hybridized carbons (Fsp3) is 0.154. The molecule has 0 unspecified atom stereocenters. The highest BCUT2D eigenvalue weighted by atomic mass is 16.2. The Morgan fingerprint density at radius 1 is 0.767 bits per heavy atom. The summed E-state index contributed by atoms with van der Waals surface area (Å²) < 4.78 is 1.81. The van der Waals surface area contributed by atoms with Gasteiger partial charge in [-0.05, 0) is 35.2 Å². The Kier molecular flexibility index (Phi) is 6.35. The molecule has 0 N–H and O–H groups in total. The van der Waals surface area contributed by atoms with Gasteiger partial charge in [-0.25, -0.2) is 4.68 Å². The molecule has 4 rings (SSSR count). The molecular weight excluding hydrogens is 370 g/mol. The second kappa shape index (κ2) is 9.70. The van der Waals surface area contributed by atoms with Gasteiger partial charge < -0.3 is 4.90 Å². The normalized spacial score (nSPS) is 10.7. The number of rotatable bonds is 8. The molecule has 0 aliphatic rings. The van der Waals surface area contributed by atoms with Crippen LogP contribution >= 0.6 is 0 Å². The molecule has 4 nitrogen and oxygen atoms in total. The van der Waals surface area contributed by atoms with Crippen molar-refractivity contribution in [1.29, 1.82) is 0 Å². The monoisotopic (exact) mass is 395 g/mol. The smallest absolute Gasteiger partial charge is 0.227 e. The first-order valence-corrected chi connectivity index (χ1v) is 10.2. The molecule has 0 bridgehead atoms. The van der Waals surface area contributed by atoms with Gasteiger partial charge in [0.25, 0.3) is 0 Å². The molecule has 0 saturated carbocycles. The maximum Gasteiger partial charge on any atom is 0.227 e. The van der Waals surface area contributed by atoms with E-state index in [0.29, 0.717) is 19.5 Å². The van der Waals surface area contributed by atoms with E-state index in [0.717, 1.165) is 23.2 Å². The Bertz CT molecular complexity index is 1060. The van der Waals surface area contributed by atoms with Gasteiger partial charge in [-0.1, -0.05) is 78.9 Å². The summed E-state index contributed by atoms with van der Waals surface area (Å²) in [6, 6.07) is 30.4. The highest BCUT2D eigenvalue weighted by molar-refractivity contribution is 5.78. The van der Waals surface area contributed by atoms with Crippen molar-refractivity contribution in [2.24, 2.45) is 0 Å². The van der Waals surface area contributed by atoms with E-state index in [1.54, 1.807) is 6.20 Å². The molecule has 0 aliphatic heterocycles. The lowest BCUT2D eigenvalue weighted by atomic mass is 10.1. The molecule has 4 heteroatoms. The zero-order valence-electron chi connectivity index (χ0n) is 16.9. The van der Waals surface area contributed by atoms with Crippen LogP contribution in [0.25, 0.3) is 5.69 Å². The average Bonchev–Trinajstić information content (AvgIpc) is 3.27. The first-order chi connectivity index (χ1) is 14.8. The van der Waals surface area contributed by atoms with Crippen molar-refractivity contribution < 1.29 is 4.79 Å². The van der Waals surface area contributed by atoms with E-state index in [2.05, 4.69) is 29.4 Å². The van der Waals surface area contributed by atoms with Gasteiger partial charge in [-0.15, -0.1) is 0 Å². The average molecular weight is 396 g/mol. The van der Waals surface area contributed by atoms with Crippen molar-refractivity contribution in [2.75, 3.05) is 6.54 Å². The summed E-state index contributed by atoms with van der Waals surface area (Å²) in [6.45, 7) is 1.30. The molecule has 0 saturated heterocycles. The van der Waals surface area contributed by atoms with Gasteiger partial charge in [-0.2, -0.15) is 5.10 Å². The van der Waals surface area contributed by atoms with Crippen LogP contribution in [-0.2, 0) is 24.2 Å². The van der Waals surface area contributed by atoms with Crippen LogP contribution in [0.5, 0.6) is 0 Å². The minimum absolute atomic E-state index is 0.113. The molecule has 0 atom stereocenters. The number of carbonyl (C=O) groups excluding carboxylic acids is 1. The molecule has 1 amide bonds. The quantitative estimate of drug-likeness (QED) is 0.434. The molecular formula is C26H25N3O. The van der Waals surface area contributed by atoms with Crippen molar-refractivity contribution in [1.82, 2.24) is 14.7 Å². The maximum absolute atomic E-state index is 13.2. The third-order valence-corrected chi connectivity index (χ3v) is 5.09. The van der Waals surface area contributed by atoms with E-state index >= 15 is 0 Å². The van der Waals surface area contributed by atoms with Crippen LogP contribution in [0, 0.1) is 0 Å². The Hall–Kier alpha value is -3.66. The van der Waals surface area contributed by atoms with Crippen molar-refractivity contribution in [3.8, 4) is 5.69 Å². The van der Waals surface area contributed by atoms with Gasteiger partial charge in [-0.3, -0.25) is 4.79 Å². The number of hydrogen-bond donors (Lipinski definition) is 0. The third kappa shape index (κ3) is 5.23. The fourth-order valence-corrected chi connectivity index (χ4v) is 3.46. The van der Waals surface area contributed by atoms with Crippen LogP contribution in [0.4, 0.5) is 0 Å².